The van der Waals surface area contributed by atoms with E-state index in [1.54, 1.807) is 17.4 Å². The average molecular weight is 332 g/mol. The van der Waals surface area contributed by atoms with E-state index in [1.807, 2.05) is 12.1 Å². The lowest BCUT2D eigenvalue weighted by molar-refractivity contribution is 1.04. The molecule has 0 unspecified atom stereocenters. The van der Waals surface area contributed by atoms with Gasteiger partial charge in [0, 0.05) is 17.1 Å². The molecule has 2 aromatic rings. The van der Waals surface area contributed by atoms with Crippen molar-refractivity contribution in [3.63, 3.8) is 0 Å². The molecule has 0 aliphatic carbocycles. The lowest BCUT2D eigenvalue weighted by Gasteiger charge is -2.08. The smallest absolute Gasteiger partial charge is 0.0701 e. The van der Waals surface area contributed by atoms with Crippen LogP contribution in [0.3, 0.4) is 0 Å². The number of halogens is 2. The highest BCUT2D eigenvalue weighted by atomic mass is 79.9. The third-order valence-corrected chi connectivity index (χ3v) is 4.30. The van der Waals surface area contributed by atoms with Gasteiger partial charge in [-0.2, -0.15) is 0 Å². The Hall–Kier alpha value is -0.710. The Morgan fingerprint density at radius 3 is 2.76 bits per heavy atom. The van der Waals surface area contributed by atoms with Crippen LogP contribution in [0.1, 0.15) is 4.88 Å². The molecule has 0 saturated heterocycles. The second-order valence-electron chi connectivity index (χ2n) is 3.62. The molecule has 0 spiro atoms. The Labute approximate surface area is 118 Å². The number of nitrogens with two attached hydrogens (primary N) is 1. The van der Waals surface area contributed by atoms with Gasteiger partial charge in [0.1, 0.15) is 0 Å². The van der Waals surface area contributed by atoms with E-state index in [-0.39, 0.29) is 0 Å². The number of nitrogen functional groups attached to an aromatic ring is 1. The molecule has 2 nitrogen and oxygen atoms in total. The zero-order valence-electron chi connectivity index (χ0n) is 9.04. The number of hydrogen-bond donors (Lipinski definition) is 2. The highest BCUT2D eigenvalue weighted by Crippen LogP contribution is 2.25. The van der Waals surface area contributed by atoms with Crippen LogP contribution in [0.4, 0.5) is 11.4 Å². The summed E-state index contributed by atoms with van der Waals surface area (Å²) in [6.45, 7) is 0.858. The van der Waals surface area contributed by atoms with Crippen molar-refractivity contribution in [2.75, 3.05) is 17.6 Å². The minimum atomic E-state index is 0.664. The Bertz CT molecular complexity index is 513. The van der Waals surface area contributed by atoms with E-state index in [2.05, 4.69) is 33.4 Å². The minimum absolute atomic E-state index is 0.664. The fourth-order valence-electron chi connectivity index (χ4n) is 1.48. The maximum atomic E-state index is 6.07. The third kappa shape index (κ3) is 3.63. The van der Waals surface area contributed by atoms with Gasteiger partial charge in [0.2, 0.25) is 0 Å². The van der Waals surface area contributed by atoms with Gasteiger partial charge >= 0.3 is 0 Å². The first-order valence-corrected chi connectivity index (χ1v) is 7.17. The Balaban J connectivity index is 1.90. The Kier molecular flexibility index (Phi) is 4.31. The zero-order valence-corrected chi connectivity index (χ0v) is 12.2. The van der Waals surface area contributed by atoms with Crippen LogP contribution in [-0.4, -0.2) is 6.54 Å². The van der Waals surface area contributed by atoms with E-state index >= 15 is 0 Å². The standard InChI is InChI=1S/C12H12BrClN2S/c13-12-4-2-9(17-12)5-6-16-11-3-1-8(15)7-10(11)14/h1-4,7,16H,5-6,15H2. The summed E-state index contributed by atoms with van der Waals surface area (Å²) in [6, 6.07) is 9.70. The molecule has 5 heteroatoms. The van der Waals surface area contributed by atoms with Crippen LogP contribution in [0.25, 0.3) is 0 Å². The summed E-state index contributed by atoms with van der Waals surface area (Å²) in [4.78, 5) is 1.34. The van der Waals surface area contributed by atoms with Gasteiger partial charge in [-0.3, -0.25) is 0 Å². The van der Waals surface area contributed by atoms with E-state index in [0.29, 0.717) is 10.7 Å². The highest BCUT2D eigenvalue weighted by molar-refractivity contribution is 9.11. The number of hydrogen-bond acceptors (Lipinski definition) is 3. The molecule has 0 aliphatic rings. The Morgan fingerprint density at radius 2 is 2.12 bits per heavy atom. The van der Waals surface area contributed by atoms with Crippen molar-refractivity contribution in [1.29, 1.82) is 0 Å². The molecule has 0 radical (unpaired) electrons. The SMILES string of the molecule is Nc1ccc(NCCc2ccc(Br)s2)c(Cl)c1. The topological polar surface area (TPSA) is 38.0 Å². The molecule has 17 heavy (non-hydrogen) atoms. The predicted octanol–water partition coefficient (Wildman–Crippen LogP) is 4.40. The minimum Gasteiger partial charge on any atom is -0.399 e. The van der Waals surface area contributed by atoms with E-state index < -0.39 is 0 Å². The summed E-state index contributed by atoms with van der Waals surface area (Å²) >= 11 is 11.3. The molecular weight excluding hydrogens is 320 g/mol. The quantitative estimate of drug-likeness (QED) is 0.815. The monoisotopic (exact) mass is 330 g/mol. The van der Waals surface area contributed by atoms with Crippen molar-refractivity contribution in [2.45, 2.75) is 6.42 Å². The average Bonchev–Trinajstić information content (AvgIpc) is 2.68. The number of nitrogens with one attached hydrogen (secondary N) is 1. The van der Waals surface area contributed by atoms with Crippen molar-refractivity contribution in [1.82, 2.24) is 0 Å². The second-order valence-corrected chi connectivity index (χ2v) is 6.58. The van der Waals surface area contributed by atoms with Crippen LogP contribution in [0.2, 0.25) is 5.02 Å². The van der Waals surface area contributed by atoms with E-state index in [4.69, 9.17) is 17.3 Å². The van der Waals surface area contributed by atoms with Gasteiger partial charge in [-0.05, 0) is 52.7 Å². The third-order valence-electron chi connectivity index (χ3n) is 2.31. The molecule has 3 N–H and O–H groups in total. The summed E-state index contributed by atoms with van der Waals surface area (Å²) in [7, 11) is 0. The molecule has 1 heterocycles. The summed E-state index contributed by atoms with van der Waals surface area (Å²) in [6.07, 6.45) is 0.983. The van der Waals surface area contributed by atoms with Crippen LogP contribution in [0.15, 0.2) is 34.1 Å². The maximum absolute atomic E-state index is 6.07. The molecule has 90 valence electrons. The summed E-state index contributed by atoms with van der Waals surface area (Å²) < 4.78 is 1.16. The lowest BCUT2D eigenvalue weighted by atomic mass is 10.2. The zero-order chi connectivity index (χ0) is 12.3. The fourth-order valence-corrected chi connectivity index (χ4v) is 3.22. The van der Waals surface area contributed by atoms with Crippen LogP contribution in [0, 0.1) is 0 Å². The van der Waals surface area contributed by atoms with Gasteiger partial charge in [0.05, 0.1) is 14.5 Å². The molecule has 2 rings (SSSR count). The van der Waals surface area contributed by atoms with Crippen LogP contribution >= 0.6 is 38.9 Å². The fraction of sp³-hybridized carbons (Fsp3) is 0.167. The highest BCUT2D eigenvalue weighted by Gasteiger charge is 2.01. The molecule has 0 aliphatic heterocycles. The first-order valence-electron chi connectivity index (χ1n) is 5.18. The molecule has 1 aromatic heterocycles. The van der Waals surface area contributed by atoms with Crippen molar-refractivity contribution < 1.29 is 0 Å². The molecule has 0 amide bonds. The lowest BCUT2D eigenvalue weighted by Crippen LogP contribution is -2.04. The normalized spacial score (nSPS) is 10.5. The van der Waals surface area contributed by atoms with Gasteiger partial charge in [0.15, 0.2) is 0 Å². The van der Waals surface area contributed by atoms with Gasteiger partial charge < -0.3 is 11.1 Å². The summed E-state index contributed by atoms with van der Waals surface area (Å²) in [5, 5.41) is 3.97. The van der Waals surface area contributed by atoms with E-state index in [0.717, 1.165) is 22.4 Å². The second kappa shape index (κ2) is 5.76. The number of anilines is 2. The molecule has 0 atom stereocenters. The van der Waals surface area contributed by atoms with E-state index in [1.165, 1.54) is 4.88 Å². The summed E-state index contributed by atoms with van der Waals surface area (Å²) in [5.74, 6) is 0. The number of thiophene rings is 1. The van der Waals surface area contributed by atoms with Crippen molar-refractivity contribution >= 4 is 50.2 Å². The molecule has 0 saturated carbocycles. The maximum Gasteiger partial charge on any atom is 0.0701 e. The first kappa shape index (κ1) is 12.7. The predicted molar refractivity (Wildman–Crippen MR) is 80.1 cm³/mol. The van der Waals surface area contributed by atoms with Gasteiger partial charge in [-0.1, -0.05) is 11.6 Å². The van der Waals surface area contributed by atoms with Crippen LogP contribution < -0.4 is 11.1 Å². The molecular formula is C12H12BrClN2S. The van der Waals surface area contributed by atoms with E-state index in [9.17, 15) is 0 Å². The number of rotatable bonds is 4. The summed E-state index contributed by atoms with van der Waals surface area (Å²) in [5.41, 5.74) is 7.24. The largest absolute Gasteiger partial charge is 0.399 e. The Morgan fingerprint density at radius 1 is 1.29 bits per heavy atom. The van der Waals surface area contributed by atoms with Gasteiger partial charge in [-0.25, -0.2) is 0 Å². The molecule has 1 aromatic carbocycles. The first-order chi connectivity index (χ1) is 8.15. The molecule has 0 bridgehead atoms. The molecule has 0 fully saturated rings. The van der Waals surface area contributed by atoms with Gasteiger partial charge in [0.25, 0.3) is 0 Å². The van der Waals surface area contributed by atoms with Crippen molar-refractivity contribution in [3.8, 4) is 0 Å². The van der Waals surface area contributed by atoms with Crippen molar-refractivity contribution in [3.05, 3.63) is 44.0 Å². The van der Waals surface area contributed by atoms with Crippen LogP contribution in [-0.2, 0) is 6.42 Å². The van der Waals surface area contributed by atoms with Crippen LogP contribution in [0.5, 0.6) is 0 Å². The number of benzene rings is 1. The van der Waals surface area contributed by atoms with Crippen molar-refractivity contribution in [2.24, 2.45) is 0 Å². The van der Waals surface area contributed by atoms with Gasteiger partial charge in [-0.15, -0.1) is 11.3 Å².